The van der Waals surface area contributed by atoms with Crippen LogP contribution in [0.2, 0.25) is 0 Å². The fraction of sp³-hybridized carbons (Fsp3) is 0.750. The van der Waals surface area contributed by atoms with Crippen LogP contribution in [-0.4, -0.2) is 74.9 Å². The molecule has 0 aromatic carbocycles. The highest BCUT2D eigenvalue weighted by Crippen LogP contribution is 2.48. The van der Waals surface area contributed by atoms with E-state index >= 15 is 0 Å². The number of amides is 1. The Bertz CT molecular complexity index is 599. The summed E-state index contributed by atoms with van der Waals surface area (Å²) in [4.78, 5) is 17.4. The van der Waals surface area contributed by atoms with Gasteiger partial charge in [0.15, 0.2) is 5.76 Å². The van der Waals surface area contributed by atoms with Crippen LogP contribution < -0.4 is 0 Å². The second-order valence-electron chi connectivity index (χ2n) is 8.06. The summed E-state index contributed by atoms with van der Waals surface area (Å²) in [6.45, 7) is 6.14. The summed E-state index contributed by atoms with van der Waals surface area (Å²) in [5.74, 6) is 1.07. The standard InChI is InChI=1S/C20H30N2O4/c1-24-15-20-6-4-17(21-8-11-25-12-9-21)13-16(20)5-7-22(14-20)19(23)18-3-2-10-26-18/h2-3,10,16-17H,4-9,11-15H2,1H3/t16-,17-,20+/m1/s1. The Kier molecular flexibility index (Phi) is 5.34. The first-order valence-corrected chi connectivity index (χ1v) is 9.85. The summed E-state index contributed by atoms with van der Waals surface area (Å²) in [5, 5.41) is 0. The molecule has 1 saturated carbocycles. The number of likely N-dealkylation sites (tertiary alicyclic amines) is 1. The second-order valence-corrected chi connectivity index (χ2v) is 8.06. The van der Waals surface area contributed by atoms with E-state index in [4.69, 9.17) is 13.9 Å². The summed E-state index contributed by atoms with van der Waals surface area (Å²) >= 11 is 0. The van der Waals surface area contributed by atoms with Crippen LogP contribution in [0.4, 0.5) is 0 Å². The van der Waals surface area contributed by atoms with E-state index in [1.165, 1.54) is 12.8 Å². The molecule has 2 aliphatic heterocycles. The number of carbonyl (C=O) groups excluding carboxylic acids is 1. The molecule has 26 heavy (non-hydrogen) atoms. The first-order chi connectivity index (χ1) is 12.7. The largest absolute Gasteiger partial charge is 0.459 e. The minimum Gasteiger partial charge on any atom is -0.459 e. The molecule has 0 unspecified atom stereocenters. The molecule has 6 nitrogen and oxygen atoms in total. The molecule has 1 aliphatic carbocycles. The zero-order valence-electron chi connectivity index (χ0n) is 15.7. The average molecular weight is 362 g/mol. The average Bonchev–Trinajstić information content (AvgIpc) is 3.22. The van der Waals surface area contributed by atoms with Crippen molar-refractivity contribution in [3.63, 3.8) is 0 Å². The lowest BCUT2D eigenvalue weighted by Gasteiger charge is -2.54. The van der Waals surface area contributed by atoms with Gasteiger partial charge < -0.3 is 18.8 Å². The van der Waals surface area contributed by atoms with Crippen molar-refractivity contribution in [3.05, 3.63) is 24.2 Å². The van der Waals surface area contributed by atoms with Crippen molar-refractivity contribution in [2.24, 2.45) is 11.3 Å². The van der Waals surface area contributed by atoms with E-state index in [2.05, 4.69) is 4.90 Å². The van der Waals surface area contributed by atoms with E-state index < -0.39 is 0 Å². The molecule has 4 rings (SSSR count). The van der Waals surface area contributed by atoms with E-state index in [0.29, 0.717) is 17.7 Å². The maximum atomic E-state index is 12.8. The van der Waals surface area contributed by atoms with Crippen LogP contribution in [0.25, 0.3) is 0 Å². The molecule has 0 spiro atoms. The predicted molar refractivity (Wildman–Crippen MR) is 97.1 cm³/mol. The number of furan rings is 1. The molecule has 144 valence electrons. The molecular weight excluding hydrogens is 332 g/mol. The Morgan fingerprint density at radius 3 is 2.88 bits per heavy atom. The fourth-order valence-electron chi connectivity index (χ4n) is 5.28. The van der Waals surface area contributed by atoms with E-state index in [0.717, 1.165) is 58.8 Å². The molecule has 3 atom stereocenters. The van der Waals surface area contributed by atoms with Crippen molar-refractivity contribution < 1.29 is 18.7 Å². The molecule has 1 aromatic rings. The molecule has 3 heterocycles. The first kappa shape index (κ1) is 18.0. The number of nitrogens with zero attached hydrogens (tertiary/aromatic N) is 2. The van der Waals surface area contributed by atoms with Crippen LogP contribution in [0.15, 0.2) is 22.8 Å². The number of morpholine rings is 1. The number of carbonyl (C=O) groups is 1. The minimum absolute atomic E-state index is 0.0132. The van der Waals surface area contributed by atoms with Gasteiger partial charge in [-0.25, -0.2) is 0 Å². The molecule has 3 fully saturated rings. The van der Waals surface area contributed by atoms with Gasteiger partial charge in [-0.05, 0) is 43.7 Å². The Hall–Kier alpha value is -1.37. The van der Waals surface area contributed by atoms with E-state index in [9.17, 15) is 4.79 Å². The van der Waals surface area contributed by atoms with Gasteiger partial charge in [0.25, 0.3) is 5.91 Å². The number of rotatable bonds is 4. The van der Waals surface area contributed by atoms with Gasteiger partial charge in [0.2, 0.25) is 0 Å². The topological polar surface area (TPSA) is 55.2 Å². The van der Waals surface area contributed by atoms with Gasteiger partial charge in [-0.15, -0.1) is 0 Å². The van der Waals surface area contributed by atoms with E-state index in [1.807, 2.05) is 4.90 Å². The van der Waals surface area contributed by atoms with Crippen molar-refractivity contribution >= 4 is 5.91 Å². The SMILES string of the molecule is COC[C@@]12CC[C@@H](N3CCOCC3)C[C@H]1CCN(C(=O)c1ccco1)C2. The lowest BCUT2D eigenvalue weighted by atomic mass is 9.61. The van der Waals surface area contributed by atoms with Crippen molar-refractivity contribution in [3.8, 4) is 0 Å². The van der Waals surface area contributed by atoms with Crippen LogP contribution >= 0.6 is 0 Å². The number of fused-ring (bicyclic) bond motifs is 1. The number of methoxy groups -OCH3 is 1. The molecule has 2 saturated heterocycles. The summed E-state index contributed by atoms with van der Waals surface area (Å²) in [6.07, 6.45) is 6.14. The highest BCUT2D eigenvalue weighted by atomic mass is 16.5. The van der Waals surface area contributed by atoms with Crippen LogP contribution in [0, 0.1) is 11.3 Å². The van der Waals surface area contributed by atoms with Crippen molar-refractivity contribution in [1.29, 1.82) is 0 Å². The van der Waals surface area contributed by atoms with Crippen molar-refractivity contribution in [1.82, 2.24) is 9.80 Å². The fourth-order valence-corrected chi connectivity index (χ4v) is 5.28. The summed E-state index contributed by atoms with van der Waals surface area (Å²) in [7, 11) is 1.78. The lowest BCUT2D eigenvalue weighted by molar-refractivity contribution is -0.0795. The Labute approximate surface area is 155 Å². The molecule has 0 N–H and O–H groups in total. The summed E-state index contributed by atoms with van der Waals surface area (Å²) in [5.41, 5.74) is 0.0814. The smallest absolute Gasteiger partial charge is 0.289 e. The zero-order valence-corrected chi connectivity index (χ0v) is 15.7. The first-order valence-electron chi connectivity index (χ1n) is 9.85. The molecule has 1 amide bonds. The summed E-state index contributed by atoms with van der Waals surface area (Å²) in [6, 6.07) is 4.19. The van der Waals surface area contributed by atoms with E-state index in [1.54, 1.807) is 25.5 Å². The predicted octanol–water partition coefficient (Wildman–Crippen LogP) is 2.26. The second kappa shape index (κ2) is 7.71. The molecule has 1 aromatic heterocycles. The van der Waals surface area contributed by atoms with Crippen LogP contribution in [-0.2, 0) is 9.47 Å². The Morgan fingerprint density at radius 2 is 2.15 bits per heavy atom. The lowest BCUT2D eigenvalue weighted by Crippen LogP contribution is -2.58. The van der Waals surface area contributed by atoms with Gasteiger partial charge >= 0.3 is 0 Å². The maximum absolute atomic E-state index is 12.8. The van der Waals surface area contributed by atoms with Gasteiger partial charge in [-0.2, -0.15) is 0 Å². The zero-order chi connectivity index (χ0) is 18.0. The quantitative estimate of drug-likeness (QED) is 0.822. The van der Waals surface area contributed by atoms with Gasteiger partial charge in [0, 0.05) is 44.7 Å². The third kappa shape index (κ3) is 3.42. The number of hydrogen-bond acceptors (Lipinski definition) is 5. The highest BCUT2D eigenvalue weighted by Gasteiger charge is 2.49. The monoisotopic (exact) mass is 362 g/mol. The van der Waals surface area contributed by atoms with Crippen LogP contribution in [0.3, 0.4) is 0 Å². The number of hydrogen-bond donors (Lipinski definition) is 0. The maximum Gasteiger partial charge on any atom is 0.289 e. The van der Waals surface area contributed by atoms with Crippen LogP contribution in [0.1, 0.15) is 36.2 Å². The van der Waals surface area contributed by atoms with Gasteiger partial charge in [-0.1, -0.05) is 0 Å². The highest BCUT2D eigenvalue weighted by molar-refractivity contribution is 5.91. The molecule has 0 radical (unpaired) electrons. The molecule has 3 aliphatic rings. The molecule has 0 bridgehead atoms. The van der Waals surface area contributed by atoms with Crippen LogP contribution in [0.5, 0.6) is 0 Å². The van der Waals surface area contributed by atoms with Gasteiger partial charge in [0.1, 0.15) is 0 Å². The van der Waals surface area contributed by atoms with Gasteiger partial charge in [0.05, 0.1) is 26.1 Å². The third-order valence-electron chi connectivity index (χ3n) is 6.66. The minimum atomic E-state index is 0.0132. The normalized spacial score (nSPS) is 33.0. The van der Waals surface area contributed by atoms with Crippen molar-refractivity contribution in [2.75, 3.05) is 53.1 Å². The summed E-state index contributed by atoms with van der Waals surface area (Å²) < 4.78 is 16.5. The number of ether oxygens (including phenoxy) is 2. The van der Waals surface area contributed by atoms with Gasteiger partial charge in [-0.3, -0.25) is 9.69 Å². The van der Waals surface area contributed by atoms with Crippen molar-refractivity contribution in [2.45, 2.75) is 31.7 Å². The molecular formula is C20H30N2O4. The van der Waals surface area contributed by atoms with E-state index in [-0.39, 0.29) is 11.3 Å². The number of piperidine rings is 1. The third-order valence-corrected chi connectivity index (χ3v) is 6.66. The molecule has 6 heteroatoms. The Morgan fingerprint density at radius 1 is 1.31 bits per heavy atom. The Balaban J connectivity index is 1.46.